The minimum Gasteiger partial charge on any atom is -0.492 e. The first-order chi connectivity index (χ1) is 11.0. The number of fused-ring (bicyclic) bond motifs is 2. The van der Waals surface area contributed by atoms with Crippen molar-refractivity contribution in [1.82, 2.24) is 9.80 Å². The molecule has 0 saturated heterocycles. The maximum atomic E-state index is 12.3. The van der Waals surface area contributed by atoms with E-state index in [2.05, 4.69) is 20.8 Å². The molecule has 6 nitrogen and oxygen atoms in total. The monoisotopic (exact) mass is 384 g/mol. The first-order valence-corrected chi connectivity index (χ1v) is 8.33. The summed E-state index contributed by atoms with van der Waals surface area (Å²) in [5, 5.41) is 0. The van der Waals surface area contributed by atoms with Crippen molar-refractivity contribution in [1.29, 1.82) is 0 Å². The molecule has 126 valence electrons. The zero-order valence-electron chi connectivity index (χ0n) is 13.8. The van der Waals surface area contributed by atoms with Crippen LogP contribution in [-0.2, 0) is 11.2 Å². The second kappa shape index (κ2) is 6.20. The molecule has 2 aliphatic rings. The van der Waals surface area contributed by atoms with Crippen molar-refractivity contribution >= 4 is 21.8 Å². The fraction of sp³-hybridized carbons (Fsp3) is 0.562. The molecule has 0 radical (unpaired) electrons. The third-order valence-corrected chi connectivity index (χ3v) is 5.34. The second-order valence-corrected chi connectivity index (χ2v) is 6.84. The van der Waals surface area contributed by atoms with Gasteiger partial charge in [-0.05, 0) is 35.0 Å². The van der Waals surface area contributed by atoms with Crippen LogP contribution in [0.1, 0.15) is 23.6 Å². The van der Waals surface area contributed by atoms with Gasteiger partial charge in [-0.1, -0.05) is 0 Å². The van der Waals surface area contributed by atoms with Crippen molar-refractivity contribution in [2.75, 3.05) is 41.6 Å². The van der Waals surface area contributed by atoms with Gasteiger partial charge < -0.3 is 19.1 Å². The molecule has 1 aromatic carbocycles. The molecule has 1 unspecified atom stereocenters. The van der Waals surface area contributed by atoms with Crippen LogP contribution in [0.4, 0.5) is 0 Å². The van der Waals surface area contributed by atoms with Gasteiger partial charge in [-0.25, -0.2) is 0 Å². The molecule has 0 saturated carbocycles. The predicted molar refractivity (Wildman–Crippen MR) is 89.2 cm³/mol. The number of hydrogen-bond donors (Lipinski definition) is 0. The van der Waals surface area contributed by atoms with Gasteiger partial charge >= 0.3 is 0 Å². The Bertz CT molecular complexity index is 648. The Hall–Kier alpha value is -1.47. The maximum absolute atomic E-state index is 12.3. The lowest BCUT2D eigenvalue weighted by atomic mass is 9.89. The number of likely N-dealkylation sites (N-methyl/N-ethyl adjacent to an activating group) is 1. The molecule has 0 aliphatic carbocycles. The van der Waals surface area contributed by atoms with E-state index >= 15 is 0 Å². The molecule has 0 N–H and O–H groups in total. The molecular weight excluding hydrogens is 364 g/mol. The van der Waals surface area contributed by atoms with Crippen molar-refractivity contribution in [3.63, 3.8) is 0 Å². The highest BCUT2D eigenvalue weighted by Gasteiger charge is 2.37. The summed E-state index contributed by atoms with van der Waals surface area (Å²) < 4.78 is 17.8. The molecular formula is C16H21BrN2O4. The Morgan fingerprint density at radius 3 is 2.74 bits per heavy atom. The number of nitrogens with zero attached hydrogens (tertiary/aromatic N) is 2. The van der Waals surface area contributed by atoms with Gasteiger partial charge in [0.05, 0.1) is 11.6 Å². The van der Waals surface area contributed by atoms with Crippen LogP contribution in [-0.4, -0.2) is 57.3 Å². The lowest BCUT2D eigenvalue weighted by molar-refractivity contribution is -0.130. The Balaban J connectivity index is 2.13. The number of amides is 1. The van der Waals surface area contributed by atoms with Crippen LogP contribution in [0.25, 0.3) is 0 Å². The van der Waals surface area contributed by atoms with Crippen molar-refractivity contribution in [2.24, 2.45) is 0 Å². The third kappa shape index (κ3) is 2.65. The summed E-state index contributed by atoms with van der Waals surface area (Å²) in [7, 11) is 7.22. The van der Waals surface area contributed by atoms with Gasteiger partial charge in [0.2, 0.25) is 18.4 Å². The Morgan fingerprint density at radius 2 is 2.09 bits per heavy atom. The standard InChI is InChI=1S/C16H21BrN2O4/c1-18(2)11(20)7-10-12-9(5-6-19(10)3)13(17)15-16(14(12)21-4)23-8-22-15/h10H,5-8H2,1-4H3. The summed E-state index contributed by atoms with van der Waals surface area (Å²) in [5.74, 6) is 2.09. The fourth-order valence-corrected chi connectivity index (χ4v) is 3.90. The molecule has 7 heteroatoms. The van der Waals surface area contributed by atoms with Gasteiger partial charge in [0.25, 0.3) is 0 Å². The first kappa shape index (κ1) is 16.4. The average Bonchev–Trinajstić information content (AvgIpc) is 3.00. The van der Waals surface area contributed by atoms with E-state index in [1.807, 2.05) is 7.05 Å². The van der Waals surface area contributed by atoms with E-state index in [1.165, 1.54) is 0 Å². The van der Waals surface area contributed by atoms with E-state index in [1.54, 1.807) is 26.1 Å². The molecule has 0 bridgehead atoms. The summed E-state index contributed by atoms with van der Waals surface area (Å²) in [6.45, 7) is 1.06. The van der Waals surface area contributed by atoms with Crippen molar-refractivity contribution < 1.29 is 19.0 Å². The van der Waals surface area contributed by atoms with Crippen molar-refractivity contribution in [2.45, 2.75) is 18.9 Å². The van der Waals surface area contributed by atoms with Gasteiger partial charge in [0, 0.05) is 38.7 Å². The molecule has 1 amide bonds. The molecule has 2 aliphatic heterocycles. The molecule has 0 aromatic heterocycles. The molecule has 1 aromatic rings. The van der Waals surface area contributed by atoms with Crippen molar-refractivity contribution in [3.8, 4) is 17.2 Å². The highest BCUT2D eigenvalue weighted by atomic mass is 79.9. The second-order valence-electron chi connectivity index (χ2n) is 6.04. The number of carbonyl (C=O) groups is 1. The number of rotatable bonds is 3. The molecule has 0 fully saturated rings. The summed E-state index contributed by atoms with van der Waals surface area (Å²) >= 11 is 3.65. The lowest BCUT2D eigenvalue weighted by Gasteiger charge is -2.36. The Kier molecular flexibility index (Phi) is 4.42. The predicted octanol–water partition coefficient (Wildman–Crippen LogP) is 2.19. The SMILES string of the molecule is COc1c2c(c(Br)c3c1C(CC(=O)N(C)C)N(C)CC3)OCO2. The van der Waals surface area contributed by atoms with E-state index in [0.717, 1.165) is 28.6 Å². The molecule has 2 heterocycles. The number of hydrogen-bond acceptors (Lipinski definition) is 5. The van der Waals surface area contributed by atoms with Gasteiger partial charge in [0.15, 0.2) is 11.5 Å². The quantitative estimate of drug-likeness (QED) is 0.799. The van der Waals surface area contributed by atoms with Crippen LogP contribution in [0.15, 0.2) is 4.47 Å². The van der Waals surface area contributed by atoms with Crippen LogP contribution >= 0.6 is 15.9 Å². The summed E-state index contributed by atoms with van der Waals surface area (Å²) in [6.07, 6.45) is 1.27. The fourth-order valence-electron chi connectivity index (χ4n) is 3.19. The van der Waals surface area contributed by atoms with Crippen LogP contribution in [0, 0.1) is 0 Å². The summed E-state index contributed by atoms with van der Waals surface area (Å²) in [5.41, 5.74) is 2.16. The number of carbonyl (C=O) groups excluding carboxylic acids is 1. The van der Waals surface area contributed by atoms with Crippen LogP contribution in [0.2, 0.25) is 0 Å². The Labute approximate surface area is 144 Å². The molecule has 1 atom stereocenters. The first-order valence-electron chi connectivity index (χ1n) is 7.53. The van der Waals surface area contributed by atoms with Gasteiger partial charge in [-0.15, -0.1) is 0 Å². The van der Waals surface area contributed by atoms with E-state index in [-0.39, 0.29) is 18.7 Å². The van der Waals surface area contributed by atoms with E-state index in [9.17, 15) is 4.79 Å². The average molecular weight is 385 g/mol. The highest BCUT2D eigenvalue weighted by Crippen LogP contribution is 2.54. The van der Waals surface area contributed by atoms with Gasteiger partial charge in [0.1, 0.15) is 0 Å². The Morgan fingerprint density at radius 1 is 1.39 bits per heavy atom. The molecule has 23 heavy (non-hydrogen) atoms. The minimum atomic E-state index is -0.0469. The lowest BCUT2D eigenvalue weighted by Crippen LogP contribution is -2.36. The minimum absolute atomic E-state index is 0.0469. The smallest absolute Gasteiger partial charge is 0.231 e. The van der Waals surface area contributed by atoms with Gasteiger partial charge in [-0.3, -0.25) is 9.69 Å². The van der Waals surface area contributed by atoms with E-state index in [4.69, 9.17) is 14.2 Å². The molecule has 3 rings (SSSR count). The molecule has 0 spiro atoms. The van der Waals surface area contributed by atoms with E-state index in [0.29, 0.717) is 23.7 Å². The number of benzene rings is 1. The maximum Gasteiger partial charge on any atom is 0.231 e. The summed E-state index contributed by atoms with van der Waals surface area (Å²) in [6, 6.07) is -0.0469. The van der Waals surface area contributed by atoms with E-state index < -0.39 is 0 Å². The number of halogens is 1. The number of ether oxygens (including phenoxy) is 3. The highest BCUT2D eigenvalue weighted by molar-refractivity contribution is 9.10. The summed E-state index contributed by atoms with van der Waals surface area (Å²) in [4.78, 5) is 16.1. The van der Waals surface area contributed by atoms with Gasteiger partial charge in [-0.2, -0.15) is 0 Å². The van der Waals surface area contributed by atoms with Crippen molar-refractivity contribution in [3.05, 3.63) is 15.6 Å². The largest absolute Gasteiger partial charge is 0.492 e. The van der Waals surface area contributed by atoms with Crippen LogP contribution in [0.5, 0.6) is 17.2 Å². The van der Waals surface area contributed by atoms with Crippen LogP contribution < -0.4 is 14.2 Å². The zero-order chi connectivity index (χ0) is 16.7. The third-order valence-electron chi connectivity index (χ3n) is 4.50. The zero-order valence-corrected chi connectivity index (χ0v) is 15.4. The normalized spacial score (nSPS) is 19.4. The number of methoxy groups -OCH3 is 1. The topological polar surface area (TPSA) is 51.2 Å². The van der Waals surface area contributed by atoms with Crippen LogP contribution in [0.3, 0.4) is 0 Å².